The Morgan fingerprint density at radius 1 is 1.26 bits per heavy atom. The number of hydrogen-bond donors (Lipinski definition) is 3. The maximum atomic E-state index is 11.7. The second-order valence-corrected chi connectivity index (χ2v) is 5.00. The van der Waals surface area contributed by atoms with Crippen molar-refractivity contribution in [3.63, 3.8) is 0 Å². The molecule has 0 saturated heterocycles. The van der Waals surface area contributed by atoms with E-state index in [0.717, 1.165) is 5.56 Å². The maximum absolute atomic E-state index is 11.7. The number of aliphatic hydroxyl groups excluding tert-OH is 1. The summed E-state index contributed by atoms with van der Waals surface area (Å²) in [5, 5.41) is 15.4. The van der Waals surface area contributed by atoms with Crippen molar-refractivity contribution in [2.24, 2.45) is 0 Å². The highest BCUT2D eigenvalue weighted by atomic mass is 16.3. The van der Waals surface area contributed by atoms with E-state index in [1.54, 1.807) is 0 Å². The van der Waals surface area contributed by atoms with Crippen LogP contribution < -0.4 is 10.6 Å². The Balaban J connectivity index is 2.33. The lowest BCUT2D eigenvalue weighted by atomic mass is 10.1. The molecule has 0 bridgehead atoms. The van der Waals surface area contributed by atoms with Crippen LogP contribution in [0.4, 0.5) is 0 Å². The molecule has 3 N–H and O–H groups in total. The number of carbonyl (C=O) groups is 1. The summed E-state index contributed by atoms with van der Waals surface area (Å²) >= 11 is 0. The third kappa shape index (κ3) is 6.94. The highest BCUT2D eigenvalue weighted by Gasteiger charge is 2.11. The van der Waals surface area contributed by atoms with E-state index in [0.29, 0.717) is 25.4 Å². The topological polar surface area (TPSA) is 61.4 Å². The highest BCUT2D eigenvalue weighted by Crippen LogP contribution is 2.03. The van der Waals surface area contributed by atoms with Crippen LogP contribution in [0.25, 0.3) is 0 Å². The second kappa shape index (κ2) is 8.67. The zero-order valence-electron chi connectivity index (χ0n) is 11.7. The van der Waals surface area contributed by atoms with E-state index in [1.807, 2.05) is 44.2 Å². The van der Waals surface area contributed by atoms with Crippen molar-refractivity contribution in [2.45, 2.75) is 38.8 Å². The Morgan fingerprint density at radius 2 is 1.95 bits per heavy atom. The molecule has 1 unspecified atom stereocenters. The zero-order chi connectivity index (χ0) is 14.1. The summed E-state index contributed by atoms with van der Waals surface area (Å²) in [6, 6.07) is 10.0. The first-order chi connectivity index (χ1) is 9.11. The predicted octanol–water partition coefficient (Wildman–Crippen LogP) is 1.09. The van der Waals surface area contributed by atoms with Crippen molar-refractivity contribution >= 4 is 5.91 Å². The summed E-state index contributed by atoms with van der Waals surface area (Å²) in [6.07, 6.45) is 1.09. The summed E-state index contributed by atoms with van der Waals surface area (Å²) in [4.78, 5) is 11.7. The van der Waals surface area contributed by atoms with Crippen LogP contribution in [0.3, 0.4) is 0 Å². The minimum Gasteiger partial charge on any atom is -0.394 e. The van der Waals surface area contributed by atoms with Crippen LogP contribution in [0.1, 0.15) is 25.8 Å². The van der Waals surface area contributed by atoms with Crippen molar-refractivity contribution in [3.8, 4) is 0 Å². The molecule has 0 radical (unpaired) electrons. The van der Waals surface area contributed by atoms with E-state index in [2.05, 4.69) is 10.6 Å². The fraction of sp³-hybridized carbons (Fsp3) is 0.533. The van der Waals surface area contributed by atoms with E-state index in [1.165, 1.54) is 0 Å². The molecule has 106 valence electrons. The Labute approximate surface area is 115 Å². The first kappa shape index (κ1) is 15.7. The third-order valence-corrected chi connectivity index (χ3v) is 2.82. The van der Waals surface area contributed by atoms with E-state index in [9.17, 15) is 9.90 Å². The molecule has 1 amide bonds. The van der Waals surface area contributed by atoms with Gasteiger partial charge in [-0.3, -0.25) is 4.79 Å². The van der Waals surface area contributed by atoms with Gasteiger partial charge in [0.1, 0.15) is 0 Å². The van der Waals surface area contributed by atoms with Gasteiger partial charge in [-0.25, -0.2) is 0 Å². The summed E-state index contributed by atoms with van der Waals surface area (Å²) < 4.78 is 0. The molecule has 0 saturated carbocycles. The number of carbonyl (C=O) groups excluding carboxylic acids is 1. The normalized spacial score (nSPS) is 12.4. The van der Waals surface area contributed by atoms with Gasteiger partial charge in [-0.15, -0.1) is 0 Å². The highest BCUT2D eigenvalue weighted by molar-refractivity contribution is 5.76. The first-order valence-corrected chi connectivity index (χ1v) is 6.79. The predicted molar refractivity (Wildman–Crippen MR) is 76.9 cm³/mol. The lowest BCUT2D eigenvalue weighted by Crippen LogP contribution is -2.40. The van der Waals surface area contributed by atoms with Crippen molar-refractivity contribution in [2.75, 3.05) is 13.2 Å². The Hall–Kier alpha value is -1.39. The fourth-order valence-corrected chi connectivity index (χ4v) is 1.83. The van der Waals surface area contributed by atoms with E-state index < -0.39 is 0 Å². The monoisotopic (exact) mass is 264 g/mol. The third-order valence-electron chi connectivity index (χ3n) is 2.82. The van der Waals surface area contributed by atoms with Crippen LogP contribution in [0, 0.1) is 0 Å². The van der Waals surface area contributed by atoms with Crippen LogP contribution in [0.5, 0.6) is 0 Å². The van der Waals surface area contributed by atoms with Crippen molar-refractivity contribution in [1.29, 1.82) is 0 Å². The minimum atomic E-state index is -0.214. The SMILES string of the molecule is CC(C)NCCC(=O)NC(CO)Cc1ccccc1. The Kier molecular flexibility index (Phi) is 7.15. The van der Waals surface area contributed by atoms with Gasteiger partial charge in [0.15, 0.2) is 0 Å². The zero-order valence-corrected chi connectivity index (χ0v) is 11.7. The molecular weight excluding hydrogens is 240 g/mol. The molecule has 1 aromatic carbocycles. The molecule has 0 spiro atoms. The van der Waals surface area contributed by atoms with Crippen molar-refractivity contribution in [3.05, 3.63) is 35.9 Å². The number of hydrogen-bond acceptors (Lipinski definition) is 3. The van der Waals surface area contributed by atoms with Gasteiger partial charge in [-0.2, -0.15) is 0 Å². The van der Waals surface area contributed by atoms with Gasteiger partial charge in [0, 0.05) is 19.0 Å². The quantitative estimate of drug-likeness (QED) is 0.659. The summed E-state index contributed by atoms with van der Waals surface area (Å²) in [5.41, 5.74) is 1.11. The van der Waals surface area contributed by atoms with Crippen molar-refractivity contribution < 1.29 is 9.90 Å². The van der Waals surface area contributed by atoms with Gasteiger partial charge in [-0.1, -0.05) is 44.2 Å². The molecule has 0 aromatic heterocycles. The average Bonchev–Trinajstić information content (AvgIpc) is 2.38. The van der Waals surface area contributed by atoms with Crippen LogP contribution >= 0.6 is 0 Å². The van der Waals surface area contributed by atoms with E-state index in [4.69, 9.17) is 0 Å². The van der Waals surface area contributed by atoms with Crippen LogP contribution in [0.2, 0.25) is 0 Å². The number of aliphatic hydroxyl groups is 1. The van der Waals surface area contributed by atoms with Gasteiger partial charge >= 0.3 is 0 Å². The summed E-state index contributed by atoms with van der Waals surface area (Å²) in [6.45, 7) is 4.71. The standard InChI is InChI=1S/C15H24N2O2/c1-12(2)16-9-8-15(19)17-14(11-18)10-13-6-4-3-5-7-13/h3-7,12,14,16,18H,8-11H2,1-2H3,(H,17,19). The molecule has 4 heteroatoms. The molecule has 0 aliphatic rings. The molecule has 4 nitrogen and oxygen atoms in total. The minimum absolute atomic E-state index is 0.0249. The van der Waals surface area contributed by atoms with Crippen LogP contribution in [-0.4, -0.2) is 36.2 Å². The number of rotatable bonds is 8. The molecule has 1 atom stereocenters. The Bertz CT molecular complexity index is 366. The molecular formula is C15H24N2O2. The van der Waals surface area contributed by atoms with Gasteiger partial charge < -0.3 is 15.7 Å². The molecule has 1 rings (SSSR count). The second-order valence-electron chi connectivity index (χ2n) is 5.00. The largest absolute Gasteiger partial charge is 0.394 e. The first-order valence-electron chi connectivity index (χ1n) is 6.79. The van der Waals surface area contributed by atoms with Crippen molar-refractivity contribution in [1.82, 2.24) is 10.6 Å². The van der Waals surface area contributed by atoms with E-state index >= 15 is 0 Å². The Morgan fingerprint density at radius 3 is 2.53 bits per heavy atom. The van der Waals surface area contributed by atoms with Gasteiger partial charge in [0.05, 0.1) is 12.6 Å². The maximum Gasteiger partial charge on any atom is 0.221 e. The molecule has 0 aliphatic heterocycles. The molecule has 19 heavy (non-hydrogen) atoms. The summed E-state index contributed by atoms with van der Waals surface area (Å²) in [7, 11) is 0. The molecule has 1 aromatic rings. The van der Waals surface area contributed by atoms with Crippen LogP contribution in [-0.2, 0) is 11.2 Å². The van der Waals surface area contributed by atoms with Crippen LogP contribution in [0.15, 0.2) is 30.3 Å². The van der Waals surface area contributed by atoms with E-state index in [-0.39, 0.29) is 18.6 Å². The average molecular weight is 264 g/mol. The number of amides is 1. The lowest BCUT2D eigenvalue weighted by Gasteiger charge is -2.17. The molecule has 0 fully saturated rings. The summed E-state index contributed by atoms with van der Waals surface area (Å²) in [5.74, 6) is -0.0249. The number of benzene rings is 1. The molecule has 0 aliphatic carbocycles. The van der Waals surface area contributed by atoms with Gasteiger partial charge in [-0.05, 0) is 12.0 Å². The van der Waals surface area contributed by atoms with Gasteiger partial charge in [0.2, 0.25) is 5.91 Å². The smallest absolute Gasteiger partial charge is 0.221 e. The fourth-order valence-electron chi connectivity index (χ4n) is 1.83. The molecule has 0 heterocycles. The number of nitrogens with one attached hydrogen (secondary N) is 2. The lowest BCUT2D eigenvalue weighted by molar-refractivity contribution is -0.122. The van der Waals surface area contributed by atoms with Gasteiger partial charge in [0.25, 0.3) is 0 Å².